The second kappa shape index (κ2) is 4.10. The van der Waals surface area contributed by atoms with Crippen LogP contribution in [0.2, 0.25) is 0 Å². The van der Waals surface area contributed by atoms with Gasteiger partial charge in [0.2, 0.25) is 5.78 Å². The zero-order chi connectivity index (χ0) is 10.7. The fraction of sp³-hybridized carbons (Fsp3) is 0.833. The van der Waals surface area contributed by atoms with E-state index >= 15 is 0 Å². The number of carbonyl (C=O) groups is 1. The van der Waals surface area contributed by atoms with Crippen LogP contribution in [-0.4, -0.2) is 24.0 Å². The highest BCUT2D eigenvalue weighted by Crippen LogP contribution is 2.23. The Balaban J connectivity index is 4.57. The predicted molar refractivity (Wildman–Crippen MR) is 41.0 cm³/mol. The van der Waals surface area contributed by atoms with E-state index in [2.05, 4.69) is 0 Å². The lowest BCUT2D eigenvalue weighted by Gasteiger charge is -2.10. The molecule has 0 aromatic carbocycles. The summed E-state index contributed by atoms with van der Waals surface area (Å²) in [6.07, 6.45) is 0.112. The van der Waals surface area contributed by atoms with Crippen molar-refractivity contribution in [2.45, 2.75) is 31.4 Å². The van der Waals surface area contributed by atoms with Gasteiger partial charge in [0.05, 0.1) is 0 Å². The average Bonchev–Trinajstić information content (AvgIpc) is 1.97. The van der Waals surface area contributed by atoms with Crippen LogP contribution in [0.4, 0.5) is 8.78 Å². The molecule has 0 atom stereocenters. The largest absolute Gasteiger partial charge is 0.426 e. The number of carbonyl (C=O) groups excluding carboxylic acids is 1. The smallest absolute Gasteiger partial charge is 0.292 e. The van der Waals surface area contributed by atoms with Crippen molar-refractivity contribution in [1.82, 2.24) is 0 Å². The third-order valence-electron chi connectivity index (χ3n) is 1.41. The topological polar surface area (TPSA) is 71.4 Å². The Morgan fingerprint density at radius 3 is 2.23 bits per heavy atom. The minimum Gasteiger partial charge on any atom is -0.292 e. The Kier molecular flexibility index (Phi) is 3.92. The van der Waals surface area contributed by atoms with E-state index in [4.69, 9.17) is 4.55 Å². The highest BCUT2D eigenvalue weighted by molar-refractivity contribution is 7.87. The number of hydrogen-bond acceptors (Lipinski definition) is 3. The number of ketones is 1. The van der Waals surface area contributed by atoms with Crippen LogP contribution in [0.25, 0.3) is 0 Å². The first-order chi connectivity index (χ1) is 5.73. The second-order valence-corrected chi connectivity index (χ2v) is 3.98. The Labute approximate surface area is 74.7 Å². The Morgan fingerprint density at radius 2 is 1.92 bits per heavy atom. The minimum atomic E-state index is -5.61. The van der Waals surface area contributed by atoms with Crippen LogP contribution in [-0.2, 0) is 14.9 Å². The van der Waals surface area contributed by atoms with Gasteiger partial charge in [-0.25, -0.2) is 0 Å². The Bertz CT molecular complexity index is 283. The SMILES string of the molecule is CCCCC(=O)C(F)(F)S(=O)(=O)O. The number of rotatable bonds is 5. The van der Waals surface area contributed by atoms with Gasteiger partial charge in [0.1, 0.15) is 0 Å². The van der Waals surface area contributed by atoms with E-state index in [-0.39, 0.29) is 6.42 Å². The summed E-state index contributed by atoms with van der Waals surface area (Å²) >= 11 is 0. The van der Waals surface area contributed by atoms with E-state index in [1.807, 2.05) is 0 Å². The molecule has 0 aliphatic carbocycles. The number of alkyl halides is 2. The van der Waals surface area contributed by atoms with Crippen molar-refractivity contribution < 1.29 is 26.5 Å². The lowest BCUT2D eigenvalue weighted by Crippen LogP contribution is -2.37. The van der Waals surface area contributed by atoms with Crippen molar-refractivity contribution in [3.63, 3.8) is 0 Å². The summed E-state index contributed by atoms with van der Waals surface area (Å²) in [6.45, 7) is 1.67. The lowest BCUT2D eigenvalue weighted by atomic mass is 10.2. The summed E-state index contributed by atoms with van der Waals surface area (Å²) in [7, 11) is -5.61. The summed E-state index contributed by atoms with van der Waals surface area (Å²) in [6, 6.07) is 0. The maximum Gasteiger partial charge on any atom is 0.426 e. The van der Waals surface area contributed by atoms with Gasteiger partial charge >= 0.3 is 15.4 Å². The number of hydrogen-bond donors (Lipinski definition) is 1. The van der Waals surface area contributed by atoms with Gasteiger partial charge in [-0.05, 0) is 6.42 Å². The molecule has 0 rings (SSSR count). The third kappa shape index (κ3) is 3.00. The summed E-state index contributed by atoms with van der Waals surface area (Å²) in [5.74, 6) is -1.77. The molecule has 7 heteroatoms. The maximum atomic E-state index is 12.5. The average molecular weight is 216 g/mol. The molecule has 0 heterocycles. The number of Topliss-reactive ketones (excluding diaryl/α,β-unsaturated/α-hetero) is 1. The molecule has 0 amide bonds. The van der Waals surface area contributed by atoms with E-state index in [1.165, 1.54) is 0 Å². The second-order valence-electron chi connectivity index (χ2n) is 2.52. The van der Waals surface area contributed by atoms with Gasteiger partial charge in [-0.2, -0.15) is 17.2 Å². The van der Waals surface area contributed by atoms with Crippen LogP contribution in [0.15, 0.2) is 0 Å². The van der Waals surface area contributed by atoms with Crippen LogP contribution in [0.1, 0.15) is 26.2 Å². The van der Waals surface area contributed by atoms with E-state index in [9.17, 15) is 22.0 Å². The number of unbranched alkanes of at least 4 members (excludes halogenated alkanes) is 1. The van der Waals surface area contributed by atoms with E-state index in [1.54, 1.807) is 6.92 Å². The standard InChI is InChI=1S/C6H10F2O4S/c1-2-3-4-5(9)6(7,8)13(10,11)12/h2-4H2,1H3,(H,10,11,12). The van der Waals surface area contributed by atoms with Crippen molar-refractivity contribution >= 4 is 15.9 Å². The summed E-state index contributed by atoms with van der Waals surface area (Å²) < 4.78 is 53.0. The van der Waals surface area contributed by atoms with Crippen molar-refractivity contribution in [2.75, 3.05) is 0 Å². The fourth-order valence-corrected chi connectivity index (χ4v) is 1.02. The molecule has 0 aliphatic heterocycles. The third-order valence-corrected chi connectivity index (χ3v) is 2.28. The van der Waals surface area contributed by atoms with Gasteiger partial charge in [0.15, 0.2) is 0 Å². The summed E-state index contributed by atoms with van der Waals surface area (Å²) in [5, 5.41) is -4.66. The minimum absolute atomic E-state index is 0.171. The molecular formula is C6H10F2O4S. The molecule has 0 unspecified atom stereocenters. The molecule has 13 heavy (non-hydrogen) atoms. The zero-order valence-corrected chi connectivity index (χ0v) is 7.77. The van der Waals surface area contributed by atoms with E-state index < -0.39 is 27.6 Å². The van der Waals surface area contributed by atoms with Gasteiger partial charge in [-0.1, -0.05) is 13.3 Å². The predicted octanol–water partition coefficient (Wildman–Crippen LogP) is 1.23. The summed E-state index contributed by atoms with van der Waals surface area (Å²) in [4.78, 5) is 10.6. The molecule has 0 spiro atoms. The van der Waals surface area contributed by atoms with Crippen LogP contribution < -0.4 is 0 Å². The van der Waals surface area contributed by atoms with E-state index in [0.29, 0.717) is 6.42 Å². The molecule has 0 aromatic heterocycles. The van der Waals surface area contributed by atoms with Gasteiger partial charge in [0.25, 0.3) is 0 Å². The van der Waals surface area contributed by atoms with Crippen molar-refractivity contribution in [1.29, 1.82) is 0 Å². The monoisotopic (exact) mass is 216 g/mol. The van der Waals surface area contributed by atoms with Crippen LogP contribution >= 0.6 is 0 Å². The first-order valence-electron chi connectivity index (χ1n) is 3.61. The molecule has 0 aromatic rings. The molecule has 0 fully saturated rings. The van der Waals surface area contributed by atoms with Crippen molar-refractivity contribution in [3.8, 4) is 0 Å². The molecular weight excluding hydrogens is 206 g/mol. The Morgan fingerprint density at radius 1 is 1.46 bits per heavy atom. The Hall–Kier alpha value is -0.560. The van der Waals surface area contributed by atoms with Crippen LogP contribution in [0, 0.1) is 0 Å². The first kappa shape index (κ1) is 12.4. The number of halogens is 2. The maximum absolute atomic E-state index is 12.5. The molecule has 4 nitrogen and oxygen atoms in total. The highest BCUT2D eigenvalue weighted by Gasteiger charge is 2.50. The normalized spacial score (nSPS) is 12.9. The molecule has 0 aliphatic rings. The molecule has 78 valence electrons. The quantitative estimate of drug-likeness (QED) is 0.701. The zero-order valence-electron chi connectivity index (χ0n) is 6.96. The van der Waals surface area contributed by atoms with Gasteiger partial charge in [0, 0.05) is 6.42 Å². The molecule has 0 bridgehead atoms. The van der Waals surface area contributed by atoms with Crippen molar-refractivity contribution in [2.24, 2.45) is 0 Å². The van der Waals surface area contributed by atoms with Crippen LogP contribution in [0.5, 0.6) is 0 Å². The molecule has 1 N–H and O–H groups in total. The fourth-order valence-electron chi connectivity index (χ4n) is 0.627. The molecule has 0 saturated carbocycles. The molecule has 0 saturated heterocycles. The van der Waals surface area contributed by atoms with Gasteiger partial charge < -0.3 is 0 Å². The first-order valence-corrected chi connectivity index (χ1v) is 5.05. The van der Waals surface area contributed by atoms with Gasteiger partial charge in [-0.15, -0.1) is 0 Å². The lowest BCUT2D eigenvalue weighted by molar-refractivity contribution is -0.133. The van der Waals surface area contributed by atoms with Crippen LogP contribution in [0.3, 0.4) is 0 Å². The van der Waals surface area contributed by atoms with Crippen molar-refractivity contribution in [3.05, 3.63) is 0 Å². The molecule has 0 radical (unpaired) electrons. The van der Waals surface area contributed by atoms with E-state index in [0.717, 1.165) is 0 Å². The summed E-state index contributed by atoms with van der Waals surface area (Å²) in [5.41, 5.74) is 0. The highest BCUT2D eigenvalue weighted by atomic mass is 32.2. The van der Waals surface area contributed by atoms with Gasteiger partial charge in [-0.3, -0.25) is 9.35 Å².